The third kappa shape index (κ3) is 1.51. The van der Waals surface area contributed by atoms with Crippen LogP contribution >= 0.6 is 22.6 Å². The highest BCUT2D eigenvalue weighted by atomic mass is 127. The summed E-state index contributed by atoms with van der Waals surface area (Å²) in [6.45, 7) is 0. The molecule has 0 fully saturated rings. The maximum absolute atomic E-state index is 4.45. The third-order valence-corrected chi connectivity index (χ3v) is 3.37. The van der Waals surface area contributed by atoms with Gasteiger partial charge in [0.25, 0.3) is 0 Å². The molecule has 78 valence electrons. The molecule has 0 spiro atoms. The average molecular weight is 320 g/mol. The smallest absolute Gasteiger partial charge is 0.145 e. The van der Waals surface area contributed by atoms with E-state index in [-0.39, 0.29) is 0 Å². The summed E-state index contributed by atoms with van der Waals surface area (Å²) in [4.78, 5) is 4.45. The average Bonchev–Trinajstić information content (AvgIpc) is 2.73. The zero-order chi connectivity index (χ0) is 11.0. The zero-order valence-electron chi connectivity index (χ0n) is 8.47. The lowest BCUT2D eigenvalue weighted by Gasteiger charge is -2.03. The van der Waals surface area contributed by atoms with Crippen LogP contribution in [0.25, 0.3) is 16.8 Å². The van der Waals surface area contributed by atoms with Crippen LogP contribution in [-0.4, -0.2) is 9.38 Å². The number of rotatable bonds is 1. The van der Waals surface area contributed by atoms with Crippen molar-refractivity contribution in [1.29, 1.82) is 0 Å². The van der Waals surface area contributed by atoms with Crippen LogP contribution in [0.15, 0.2) is 54.9 Å². The van der Waals surface area contributed by atoms with E-state index in [9.17, 15) is 0 Å². The topological polar surface area (TPSA) is 17.3 Å². The van der Waals surface area contributed by atoms with Crippen molar-refractivity contribution in [2.24, 2.45) is 0 Å². The molecule has 0 unspecified atom stereocenters. The minimum atomic E-state index is 1.01. The van der Waals surface area contributed by atoms with E-state index in [1.54, 1.807) is 0 Å². The van der Waals surface area contributed by atoms with Crippen molar-refractivity contribution in [3.8, 4) is 11.1 Å². The summed E-state index contributed by atoms with van der Waals surface area (Å²) in [6.07, 6.45) is 3.93. The number of fused-ring (bicyclic) bond motifs is 1. The molecule has 3 rings (SSSR count). The Morgan fingerprint density at radius 2 is 1.81 bits per heavy atom. The molecule has 0 atom stereocenters. The molecule has 0 saturated heterocycles. The molecule has 0 saturated carbocycles. The lowest BCUT2D eigenvalue weighted by molar-refractivity contribution is 1.15. The summed E-state index contributed by atoms with van der Waals surface area (Å²) < 4.78 is 3.23. The molecule has 16 heavy (non-hydrogen) atoms. The van der Waals surface area contributed by atoms with Crippen LogP contribution in [0, 0.1) is 3.70 Å². The number of aromatic nitrogens is 2. The first-order chi connectivity index (χ1) is 7.86. The third-order valence-electron chi connectivity index (χ3n) is 2.58. The molecule has 1 aromatic carbocycles. The van der Waals surface area contributed by atoms with Crippen LogP contribution in [0.3, 0.4) is 0 Å². The predicted molar refractivity (Wildman–Crippen MR) is 73.3 cm³/mol. The number of hydrogen-bond donors (Lipinski definition) is 0. The maximum Gasteiger partial charge on any atom is 0.145 e. The van der Waals surface area contributed by atoms with Gasteiger partial charge in [-0.3, -0.25) is 4.40 Å². The van der Waals surface area contributed by atoms with Crippen LogP contribution < -0.4 is 0 Å². The minimum Gasteiger partial charge on any atom is -0.294 e. The molecule has 0 aliphatic heterocycles. The van der Waals surface area contributed by atoms with Crippen molar-refractivity contribution in [1.82, 2.24) is 9.38 Å². The van der Waals surface area contributed by atoms with Crippen molar-refractivity contribution < 1.29 is 0 Å². The maximum atomic E-state index is 4.45. The van der Waals surface area contributed by atoms with E-state index < -0.39 is 0 Å². The van der Waals surface area contributed by atoms with Crippen molar-refractivity contribution in [3.05, 3.63) is 58.6 Å². The first-order valence-corrected chi connectivity index (χ1v) is 6.11. The fourth-order valence-electron chi connectivity index (χ4n) is 1.82. The van der Waals surface area contributed by atoms with Crippen molar-refractivity contribution in [2.75, 3.05) is 0 Å². The normalized spacial score (nSPS) is 10.8. The zero-order valence-corrected chi connectivity index (χ0v) is 10.6. The Hall–Kier alpha value is -1.36. The SMILES string of the molecule is Ic1cnc2c(-c3ccccc3)cccn12. The highest BCUT2D eigenvalue weighted by Crippen LogP contribution is 2.24. The van der Waals surface area contributed by atoms with Gasteiger partial charge in [-0.2, -0.15) is 0 Å². The lowest BCUT2D eigenvalue weighted by Crippen LogP contribution is -1.89. The predicted octanol–water partition coefficient (Wildman–Crippen LogP) is 3.61. The van der Waals surface area contributed by atoms with Crippen LogP contribution in [0.1, 0.15) is 0 Å². The summed E-state index contributed by atoms with van der Waals surface area (Å²) in [6, 6.07) is 14.5. The Morgan fingerprint density at radius 3 is 2.62 bits per heavy atom. The molecule has 2 aromatic heterocycles. The van der Waals surface area contributed by atoms with Gasteiger partial charge in [0, 0.05) is 11.8 Å². The number of imidazole rings is 1. The van der Waals surface area contributed by atoms with Gasteiger partial charge in [-0.1, -0.05) is 30.3 Å². The highest BCUT2D eigenvalue weighted by molar-refractivity contribution is 14.1. The van der Waals surface area contributed by atoms with Gasteiger partial charge >= 0.3 is 0 Å². The molecule has 0 amide bonds. The molecule has 0 aliphatic rings. The summed E-state index contributed by atoms with van der Waals surface area (Å²) in [5.74, 6) is 0. The van der Waals surface area contributed by atoms with Crippen LogP contribution in [0.2, 0.25) is 0 Å². The Bertz CT molecular complexity index is 629. The van der Waals surface area contributed by atoms with Gasteiger partial charge in [0.15, 0.2) is 0 Å². The molecule has 0 radical (unpaired) electrons. The van der Waals surface area contributed by atoms with Crippen LogP contribution in [-0.2, 0) is 0 Å². The van der Waals surface area contributed by atoms with E-state index in [0.717, 1.165) is 9.35 Å². The lowest BCUT2D eigenvalue weighted by atomic mass is 10.1. The second kappa shape index (κ2) is 3.90. The minimum absolute atomic E-state index is 1.01. The molecular weight excluding hydrogens is 311 g/mol. The summed E-state index contributed by atoms with van der Waals surface area (Å²) in [5.41, 5.74) is 3.39. The van der Waals surface area contributed by atoms with E-state index in [0.29, 0.717) is 0 Å². The first kappa shape index (κ1) is 9.84. The van der Waals surface area contributed by atoms with Gasteiger partial charge < -0.3 is 0 Å². The number of nitrogens with zero attached hydrogens (tertiary/aromatic N) is 2. The summed E-state index contributed by atoms with van der Waals surface area (Å²) >= 11 is 2.29. The van der Waals surface area contributed by atoms with Gasteiger partial charge in [0.1, 0.15) is 9.35 Å². The Morgan fingerprint density at radius 1 is 1.00 bits per heavy atom. The molecule has 0 N–H and O–H groups in total. The quantitative estimate of drug-likeness (QED) is 0.626. The molecule has 0 aliphatic carbocycles. The van der Waals surface area contributed by atoms with E-state index in [4.69, 9.17) is 0 Å². The molecule has 2 nitrogen and oxygen atoms in total. The fraction of sp³-hybridized carbons (Fsp3) is 0. The Kier molecular flexibility index (Phi) is 2.40. The van der Waals surface area contributed by atoms with Gasteiger partial charge in [-0.05, 0) is 40.3 Å². The van der Waals surface area contributed by atoms with Gasteiger partial charge in [-0.15, -0.1) is 0 Å². The highest BCUT2D eigenvalue weighted by Gasteiger charge is 2.06. The van der Waals surface area contributed by atoms with Crippen molar-refractivity contribution in [3.63, 3.8) is 0 Å². The summed E-state index contributed by atoms with van der Waals surface area (Å²) in [5, 5.41) is 0. The Labute approximate surface area is 107 Å². The number of halogens is 1. The fourth-order valence-corrected chi connectivity index (χ4v) is 2.35. The largest absolute Gasteiger partial charge is 0.294 e. The standard InChI is InChI=1S/C13H9IN2/c14-12-9-15-13-11(7-4-8-16(12)13)10-5-2-1-3-6-10/h1-9H. The van der Waals surface area contributed by atoms with Gasteiger partial charge in [0.2, 0.25) is 0 Å². The molecule has 3 heteroatoms. The molecular formula is C13H9IN2. The second-order valence-corrected chi connectivity index (χ2v) is 4.67. The van der Waals surface area contributed by atoms with Crippen molar-refractivity contribution in [2.45, 2.75) is 0 Å². The Balaban J connectivity index is 2.32. The van der Waals surface area contributed by atoms with Crippen molar-refractivity contribution >= 4 is 28.2 Å². The van der Waals surface area contributed by atoms with Crippen LogP contribution in [0.5, 0.6) is 0 Å². The van der Waals surface area contributed by atoms with E-state index >= 15 is 0 Å². The monoisotopic (exact) mass is 320 g/mol. The number of hydrogen-bond acceptors (Lipinski definition) is 1. The second-order valence-electron chi connectivity index (χ2n) is 3.56. The molecule has 3 aromatic rings. The molecule has 0 bridgehead atoms. The van der Waals surface area contributed by atoms with Crippen LogP contribution in [0.4, 0.5) is 0 Å². The number of pyridine rings is 1. The first-order valence-electron chi connectivity index (χ1n) is 5.03. The molecule has 2 heterocycles. The van der Waals surface area contributed by atoms with E-state index in [2.05, 4.69) is 56.2 Å². The van der Waals surface area contributed by atoms with E-state index in [1.165, 1.54) is 11.1 Å². The van der Waals surface area contributed by atoms with Gasteiger partial charge in [-0.25, -0.2) is 4.98 Å². The number of benzene rings is 1. The van der Waals surface area contributed by atoms with E-state index in [1.807, 2.05) is 30.6 Å². The summed E-state index contributed by atoms with van der Waals surface area (Å²) in [7, 11) is 0. The van der Waals surface area contributed by atoms with Gasteiger partial charge in [0.05, 0.1) is 6.20 Å².